The summed E-state index contributed by atoms with van der Waals surface area (Å²) < 4.78 is 5.83. The molecular formula is C23H35N7O. The molecule has 0 spiro atoms. The van der Waals surface area contributed by atoms with Crippen molar-refractivity contribution in [2.24, 2.45) is 10.9 Å². The van der Waals surface area contributed by atoms with Gasteiger partial charge in [0.2, 0.25) is 5.95 Å². The van der Waals surface area contributed by atoms with Gasteiger partial charge in [0, 0.05) is 65.3 Å². The molecule has 1 saturated heterocycles. The van der Waals surface area contributed by atoms with Crippen molar-refractivity contribution in [1.82, 2.24) is 25.5 Å². The zero-order chi connectivity index (χ0) is 21.7. The van der Waals surface area contributed by atoms with Crippen molar-refractivity contribution in [2.75, 3.05) is 64.4 Å². The maximum absolute atomic E-state index is 5.83. The number of piperazine rings is 1. The maximum atomic E-state index is 5.83. The van der Waals surface area contributed by atoms with E-state index in [-0.39, 0.29) is 0 Å². The maximum Gasteiger partial charge on any atom is 0.225 e. The molecule has 0 bridgehead atoms. The minimum Gasteiger partial charge on any atom is -0.376 e. The summed E-state index contributed by atoms with van der Waals surface area (Å²) in [6.45, 7) is 10.2. The SMILES string of the molecule is CN=C(NCCN1CCN(c2ncccn2)CC1)NCC(C)COCc1ccccc1. The summed E-state index contributed by atoms with van der Waals surface area (Å²) in [5.41, 5.74) is 1.21. The van der Waals surface area contributed by atoms with Crippen LogP contribution in [-0.4, -0.2) is 80.3 Å². The molecule has 8 nitrogen and oxygen atoms in total. The van der Waals surface area contributed by atoms with Gasteiger partial charge in [-0.15, -0.1) is 0 Å². The number of anilines is 1. The third-order valence-corrected chi connectivity index (χ3v) is 5.28. The smallest absolute Gasteiger partial charge is 0.225 e. The first kappa shape index (κ1) is 23.0. The number of nitrogens with one attached hydrogen (secondary N) is 2. The molecule has 3 rings (SSSR count). The van der Waals surface area contributed by atoms with Crippen molar-refractivity contribution < 1.29 is 4.74 Å². The lowest BCUT2D eigenvalue weighted by Gasteiger charge is -2.34. The normalized spacial score (nSPS) is 16.2. The van der Waals surface area contributed by atoms with Crippen LogP contribution < -0.4 is 15.5 Å². The highest BCUT2D eigenvalue weighted by Crippen LogP contribution is 2.09. The zero-order valence-electron chi connectivity index (χ0n) is 18.7. The van der Waals surface area contributed by atoms with Crippen LogP contribution in [0.3, 0.4) is 0 Å². The van der Waals surface area contributed by atoms with E-state index in [1.165, 1.54) is 5.56 Å². The average Bonchev–Trinajstić information content (AvgIpc) is 2.83. The van der Waals surface area contributed by atoms with E-state index in [1.54, 1.807) is 12.4 Å². The number of nitrogens with zero attached hydrogens (tertiary/aromatic N) is 5. The van der Waals surface area contributed by atoms with Gasteiger partial charge in [-0.05, 0) is 17.5 Å². The van der Waals surface area contributed by atoms with Crippen LogP contribution in [0.15, 0.2) is 53.8 Å². The predicted octanol–water partition coefficient (Wildman–Crippen LogP) is 1.62. The Kier molecular flexibility index (Phi) is 9.53. The van der Waals surface area contributed by atoms with E-state index >= 15 is 0 Å². The molecule has 1 aliphatic rings. The molecule has 1 aliphatic heterocycles. The minimum atomic E-state index is 0.399. The predicted molar refractivity (Wildman–Crippen MR) is 125 cm³/mol. The zero-order valence-corrected chi connectivity index (χ0v) is 18.7. The number of ether oxygens (including phenoxy) is 1. The van der Waals surface area contributed by atoms with Gasteiger partial charge in [0.05, 0.1) is 13.2 Å². The summed E-state index contributed by atoms with van der Waals surface area (Å²) in [5, 5.41) is 6.81. The van der Waals surface area contributed by atoms with Crippen molar-refractivity contribution >= 4 is 11.9 Å². The Morgan fingerprint density at radius 2 is 1.81 bits per heavy atom. The van der Waals surface area contributed by atoms with Gasteiger partial charge in [-0.25, -0.2) is 9.97 Å². The molecule has 1 atom stereocenters. The second-order valence-corrected chi connectivity index (χ2v) is 7.86. The standard InChI is InChI=1S/C23H35N7O/c1-20(18-31-19-21-7-4-3-5-8-21)17-28-22(24-2)25-11-12-29-13-15-30(16-14-29)23-26-9-6-10-27-23/h3-10,20H,11-19H2,1-2H3,(H2,24,25,28). The van der Waals surface area contributed by atoms with Crippen LogP contribution in [0.25, 0.3) is 0 Å². The second kappa shape index (κ2) is 12.9. The van der Waals surface area contributed by atoms with E-state index in [0.29, 0.717) is 19.1 Å². The van der Waals surface area contributed by atoms with Crippen molar-refractivity contribution in [3.8, 4) is 0 Å². The molecule has 1 aromatic carbocycles. The van der Waals surface area contributed by atoms with Crippen molar-refractivity contribution in [3.05, 3.63) is 54.4 Å². The van der Waals surface area contributed by atoms with Crippen LogP contribution in [0.5, 0.6) is 0 Å². The Morgan fingerprint density at radius 1 is 1.06 bits per heavy atom. The molecule has 8 heteroatoms. The third-order valence-electron chi connectivity index (χ3n) is 5.28. The molecule has 1 fully saturated rings. The van der Waals surface area contributed by atoms with E-state index in [1.807, 2.05) is 31.3 Å². The van der Waals surface area contributed by atoms with Gasteiger partial charge in [0.15, 0.2) is 5.96 Å². The molecule has 0 amide bonds. The molecule has 0 radical (unpaired) electrons. The first-order chi connectivity index (χ1) is 15.2. The summed E-state index contributed by atoms with van der Waals surface area (Å²) in [4.78, 5) is 17.7. The monoisotopic (exact) mass is 425 g/mol. The molecule has 2 N–H and O–H groups in total. The summed E-state index contributed by atoms with van der Waals surface area (Å²) in [6, 6.07) is 12.1. The Morgan fingerprint density at radius 3 is 2.52 bits per heavy atom. The lowest BCUT2D eigenvalue weighted by Crippen LogP contribution is -2.50. The Bertz CT molecular complexity index is 764. The molecule has 1 unspecified atom stereocenters. The number of aromatic nitrogens is 2. The van der Waals surface area contributed by atoms with Gasteiger partial charge < -0.3 is 20.3 Å². The minimum absolute atomic E-state index is 0.399. The van der Waals surface area contributed by atoms with Crippen LogP contribution in [0.2, 0.25) is 0 Å². The summed E-state index contributed by atoms with van der Waals surface area (Å²) in [6.07, 6.45) is 3.60. The average molecular weight is 426 g/mol. The van der Waals surface area contributed by atoms with Crippen LogP contribution in [0.1, 0.15) is 12.5 Å². The number of hydrogen-bond acceptors (Lipinski definition) is 6. The lowest BCUT2D eigenvalue weighted by atomic mass is 10.2. The topological polar surface area (TPSA) is 77.9 Å². The van der Waals surface area contributed by atoms with Gasteiger partial charge in [-0.2, -0.15) is 0 Å². The number of hydrogen-bond donors (Lipinski definition) is 2. The Hall–Kier alpha value is -2.71. The molecule has 0 saturated carbocycles. The largest absolute Gasteiger partial charge is 0.376 e. The first-order valence-corrected chi connectivity index (χ1v) is 11.0. The van der Waals surface area contributed by atoms with Gasteiger partial charge in [-0.3, -0.25) is 9.89 Å². The molecule has 2 heterocycles. The summed E-state index contributed by atoms with van der Waals surface area (Å²) >= 11 is 0. The highest BCUT2D eigenvalue weighted by Gasteiger charge is 2.18. The molecule has 1 aromatic heterocycles. The fourth-order valence-electron chi connectivity index (χ4n) is 3.46. The molecule has 2 aromatic rings. The number of aliphatic imine (C=N–C) groups is 1. The fraction of sp³-hybridized carbons (Fsp3) is 0.522. The molecule has 168 valence electrons. The summed E-state index contributed by atoms with van der Waals surface area (Å²) in [5.74, 6) is 2.06. The summed E-state index contributed by atoms with van der Waals surface area (Å²) in [7, 11) is 1.81. The van der Waals surface area contributed by atoms with E-state index < -0.39 is 0 Å². The van der Waals surface area contributed by atoms with Crippen LogP contribution in [0, 0.1) is 5.92 Å². The van der Waals surface area contributed by atoms with Crippen molar-refractivity contribution in [2.45, 2.75) is 13.5 Å². The number of guanidine groups is 1. The quantitative estimate of drug-likeness (QED) is 0.442. The van der Waals surface area contributed by atoms with Gasteiger partial charge in [-0.1, -0.05) is 37.3 Å². The molecule has 0 aliphatic carbocycles. The first-order valence-electron chi connectivity index (χ1n) is 11.0. The highest BCUT2D eigenvalue weighted by atomic mass is 16.5. The van der Waals surface area contributed by atoms with Crippen LogP contribution in [0.4, 0.5) is 5.95 Å². The van der Waals surface area contributed by atoms with Gasteiger partial charge in [0.25, 0.3) is 0 Å². The van der Waals surface area contributed by atoms with E-state index in [0.717, 1.165) is 57.7 Å². The second-order valence-electron chi connectivity index (χ2n) is 7.86. The molecule has 31 heavy (non-hydrogen) atoms. The van der Waals surface area contributed by atoms with E-state index in [4.69, 9.17) is 4.74 Å². The van der Waals surface area contributed by atoms with E-state index in [9.17, 15) is 0 Å². The lowest BCUT2D eigenvalue weighted by molar-refractivity contribution is 0.0931. The number of benzene rings is 1. The third kappa shape index (κ3) is 8.15. The van der Waals surface area contributed by atoms with Crippen LogP contribution >= 0.6 is 0 Å². The molecular weight excluding hydrogens is 390 g/mol. The van der Waals surface area contributed by atoms with Crippen LogP contribution in [-0.2, 0) is 11.3 Å². The number of rotatable bonds is 10. The Balaban J connectivity index is 1.26. The fourth-order valence-corrected chi connectivity index (χ4v) is 3.46. The van der Waals surface area contributed by atoms with E-state index in [2.05, 4.69) is 54.5 Å². The van der Waals surface area contributed by atoms with Gasteiger partial charge in [0.1, 0.15) is 0 Å². The Labute approximate surface area is 185 Å². The highest BCUT2D eigenvalue weighted by molar-refractivity contribution is 5.79. The van der Waals surface area contributed by atoms with Gasteiger partial charge >= 0.3 is 0 Å². The van der Waals surface area contributed by atoms with Crippen molar-refractivity contribution in [1.29, 1.82) is 0 Å². The van der Waals surface area contributed by atoms with Crippen molar-refractivity contribution in [3.63, 3.8) is 0 Å².